The zero-order valence-electron chi connectivity index (χ0n) is 15.1. The van der Waals surface area contributed by atoms with Gasteiger partial charge >= 0.3 is 6.09 Å². The maximum atomic E-state index is 12.4. The molecule has 136 valence electrons. The van der Waals surface area contributed by atoms with Crippen molar-refractivity contribution in [1.29, 1.82) is 0 Å². The quantitative estimate of drug-likeness (QED) is 0.890. The Balaban J connectivity index is 1.73. The number of rotatable bonds is 2. The smallest absolute Gasteiger partial charge is 0.414 e. The molecule has 3 rings (SSSR count). The van der Waals surface area contributed by atoms with Gasteiger partial charge in [0.05, 0.1) is 5.69 Å². The third-order valence-electron chi connectivity index (χ3n) is 4.30. The first-order valence-electron chi connectivity index (χ1n) is 8.89. The van der Waals surface area contributed by atoms with Gasteiger partial charge in [-0.15, -0.1) is 0 Å². The van der Waals surface area contributed by atoms with Gasteiger partial charge in [0.2, 0.25) is 0 Å². The van der Waals surface area contributed by atoms with Crippen molar-refractivity contribution in [3.05, 3.63) is 23.8 Å². The lowest BCUT2D eigenvalue weighted by Crippen LogP contribution is -2.39. The molecular formula is C19H26N2O4. The molecule has 6 nitrogen and oxygen atoms in total. The van der Waals surface area contributed by atoms with Gasteiger partial charge < -0.3 is 14.8 Å². The molecule has 0 spiro atoms. The summed E-state index contributed by atoms with van der Waals surface area (Å²) in [6.07, 6.45) is 2.75. The van der Waals surface area contributed by atoms with Crippen molar-refractivity contribution in [3.63, 3.8) is 0 Å². The summed E-state index contributed by atoms with van der Waals surface area (Å²) in [6, 6.07) is 5.65. The Morgan fingerprint density at radius 3 is 2.76 bits per heavy atom. The Morgan fingerprint density at radius 2 is 2.08 bits per heavy atom. The molecule has 2 aliphatic rings. The molecule has 1 aromatic carbocycles. The van der Waals surface area contributed by atoms with Gasteiger partial charge in [-0.25, -0.2) is 4.79 Å². The third kappa shape index (κ3) is 4.31. The Morgan fingerprint density at radius 1 is 1.28 bits per heavy atom. The molecule has 2 aliphatic heterocycles. The average molecular weight is 346 g/mol. The fourth-order valence-electron chi connectivity index (χ4n) is 3.19. The van der Waals surface area contributed by atoms with E-state index >= 15 is 0 Å². The molecule has 1 atom stereocenters. The van der Waals surface area contributed by atoms with Crippen LogP contribution in [0.2, 0.25) is 0 Å². The number of hydrogen-bond acceptors (Lipinski definition) is 4. The molecule has 0 aromatic heterocycles. The van der Waals surface area contributed by atoms with Crippen molar-refractivity contribution in [2.24, 2.45) is 0 Å². The number of benzene rings is 1. The van der Waals surface area contributed by atoms with Gasteiger partial charge in [-0.3, -0.25) is 9.69 Å². The van der Waals surface area contributed by atoms with Crippen LogP contribution in [0, 0.1) is 0 Å². The number of amides is 2. The molecular weight excluding hydrogens is 320 g/mol. The Bertz CT molecular complexity index is 660. The van der Waals surface area contributed by atoms with E-state index in [2.05, 4.69) is 5.32 Å². The molecule has 0 saturated carbocycles. The number of fused-ring (bicyclic) bond motifs is 1. The molecule has 6 heteroatoms. The van der Waals surface area contributed by atoms with Crippen LogP contribution in [0.1, 0.15) is 45.6 Å². The predicted molar refractivity (Wildman–Crippen MR) is 95.9 cm³/mol. The number of nitrogens with zero attached hydrogens (tertiary/aromatic N) is 1. The number of carbonyl (C=O) groups excluding carboxylic acids is 2. The van der Waals surface area contributed by atoms with E-state index in [0.717, 1.165) is 42.6 Å². The lowest BCUT2D eigenvalue weighted by molar-refractivity contribution is -0.124. The van der Waals surface area contributed by atoms with Crippen molar-refractivity contribution in [3.8, 4) is 0 Å². The van der Waals surface area contributed by atoms with E-state index in [1.54, 1.807) is 4.90 Å². The first kappa shape index (κ1) is 17.7. The van der Waals surface area contributed by atoms with Crippen LogP contribution in [0.3, 0.4) is 0 Å². The number of aryl methyl sites for hydroxylation is 1. The highest BCUT2D eigenvalue weighted by Crippen LogP contribution is 2.31. The van der Waals surface area contributed by atoms with Gasteiger partial charge in [-0.2, -0.15) is 0 Å². The topological polar surface area (TPSA) is 67.9 Å². The summed E-state index contributed by atoms with van der Waals surface area (Å²) < 4.78 is 10.9. The number of hydrogen-bond donors (Lipinski definition) is 1. The van der Waals surface area contributed by atoms with Crippen LogP contribution < -0.4 is 10.2 Å². The van der Waals surface area contributed by atoms with Crippen LogP contribution in [0.4, 0.5) is 16.2 Å². The molecule has 1 fully saturated rings. The summed E-state index contributed by atoms with van der Waals surface area (Å²) in [5.41, 5.74) is 2.12. The normalized spacial score (nSPS) is 20.1. The highest BCUT2D eigenvalue weighted by Gasteiger charge is 2.28. The standard InChI is InChI=1S/C19H26N2O4/c1-19(2,3)25-18(23)21-10-4-6-13-12-14(8-9-15(13)21)20-17(22)16-7-5-11-24-16/h8-9,12,16H,4-7,10-11H2,1-3H3,(H,20,22). The van der Waals surface area contributed by atoms with Gasteiger partial charge in [-0.1, -0.05) is 0 Å². The largest absolute Gasteiger partial charge is 0.443 e. The van der Waals surface area contributed by atoms with Crippen molar-refractivity contribution in [2.75, 3.05) is 23.4 Å². The van der Waals surface area contributed by atoms with Gasteiger partial charge in [0.25, 0.3) is 5.91 Å². The summed E-state index contributed by atoms with van der Waals surface area (Å²) in [5, 5.41) is 2.92. The molecule has 2 heterocycles. The van der Waals surface area contributed by atoms with Crippen molar-refractivity contribution in [1.82, 2.24) is 0 Å². The second-order valence-electron chi connectivity index (χ2n) is 7.57. The molecule has 1 N–H and O–H groups in total. The van der Waals surface area contributed by atoms with Crippen LogP contribution in [0.5, 0.6) is 0 Å². The maximum absolute atomic E-state index is 12.4. The molecule has 1 saturated heterocycles. The van der Waals surface area contributed by atoms with Gasteiger partial charge in [0.1, 0.15) is 11.7 Å². The number of carbonyl (C=O) groups is 2. The second kappa shape index (κ2) is 7.04. The van der Waals surface area contributed by atoms with Crippen LogP contribution in [0.15, 0.2) is 18.2 Å². The minimum absolute atomic E-state index is 0.0998. The van der Waals surface area contributed by atoms with Crippen LogP contribution in [-0.4, -0.2) is 36.9 Å². The maximum Gasteiger partial charge on any atom is 0.414 e. The van der Waals surface area contributed by atoms with E-state index in [-0.39, 0.29) is 18.1 Å². The van der Waals surface area contributed by atoms with E-state index in [4.69, 9.17) is 9.47 Å². The zero-order chi connectivity index (χ0) is 18.0. The SMILES string of the molecule is CC(C)(C)OC(=O)N1CCCc2cc(NC(=O)C3CCCO3)ccc21. The van der Waals surface area contributed by atoms with E-state index in [9.17, 15) is 9.59 Å². The minimum atomic E-state index is -0.524. The highest BCUT2D eigenvalue weighted by atomic mass is 16.6. The Labute approximate surface area is 148 Å². The average Bonchev–Trinajstić information content (AvgIpc) is 3.07. The van der Waals surface area contributed by atoms with Crippen LogP contribution in [0.25, 0.3) is 0 Å². The summed E-state index contributed by atoms with van der Waals surface area (Å²) in [4.78, 5) is 26.3. The van der Waals surface area contributed by atoms with Crippen LogP contribution in [-0.2, 0) is 20.7 Å². The first-order chi connectivity index (χ1) is 11.8. The van der Waals surface area contributed by atoms with Crippen molar-refractivity contribution >= 4 is 23.4 Å². The zero-order valence-corrected chi connectivity index (χ0v) is 15.1. The van der Waals surface area contributed by atoms with E-state index < -0.39 is 5.60 Å². The molecule has 0 aliphatic carbocycles. The first-order valence-corrected chi connectivity index (χ1v) is 8.89. The summed E-state index contributed by atoms with van der Waals surface area (Å²) in [6.45, 7) is 6.87. The second-order valence-corrected chi connectivity index (χ2v) is 7.57. The van der Waals surface area contributed by atoms with Crippen molar-refractivity contribution in [2.45, 2.75) is 58.2 Å². The minimum Gasteiger partial charge on any atom is -0.443 e. The Kier molecular flexibility index (Phi) is 4.99. The summed E-state index contributed by atoms with van der Waals surface area (Å²) in [5.74, 6) is -0.0998. The molecule has 2 amide bonds. The molecule has 0 radical (unpaired) electrons. The lowest BCUT2D eigenvalue weighted by Gasteiger charge is -2.32. The number of ether oxygens (including phenoxy) is 2. The lowest BCUT2D eigenvalue weighted by atomic mass is 10.0. The summed E-state index contributed by atoms with van der Waals surface area (Å²) >= 11 is 0. The fraction of sp³-hybridized carbons (Fsp3) is 0.579. The van der Waals surface area contributed by atoms with Gasteiger partial charge in [-0.05, 0) is 70.2 Å². The van der Waals surface area contributed by atoms with Crippen LogP contribution >= 0.6 is 0 Å². The fourth-order valence-corrected chi connectivity index (χ4v) is 3.19. The van der Waals surface area contributed by atoms with Crippen molar-refractivity contribution < 1.29 is 19.1 Å². The number of anilines is 2. The molecule has 0 bridgehead atoms. The highest BCUT2D eigenvalue weighted by molar-refractivity contribution is 5.95. The van der Waals surface area contributed by atoms with E-state index in [0.29, 0.717) is 13.2 Å². The molecule has 1 unspecified atom stereocenters. The molecule has 25 heavy (non-hydrogen) atoms. The van der Waals surface area contributed by atoms with E-state index in [1.165, 1.54) is 0 Å². The molecule has 1 aromatic rings. The number of nitrogens with one attached hydrogen (secondary N) is 1. The third-order valence-corrected chi connectivity index (χ3v) is 4.30. The Hall–Kier alpha value is -2.08. The van der Waals surface area contributed by atoms with Gasteiger partial charge in [0.15, 0.2) is 0 Å². The van der Waals surface area contributed by atoms with E-state index in [1.807, 2.05) is 39.0 Å². The van der Waals surface area contributed by atoms with Gasteiger partial charge in [0, 0.05) is 18.8 Å². The predicted octanol–water partition coefficient (Wildman–Crippen LogP) is 3.49. The monoisotopic (exact) mass is 346 g/mol. The summed E-state index contributed by atoms with van der Waals surface area (Å²) in [7, 11) is 0.